The molecule has 2 aromatic carbocycles. The number of aromatic hydroxyl groups is 1. The van der Waals surface area contributed by atoms with Gasteiger partial charge in [-0.2, -0.15) is 0 Å². The molecule has 0 unspecified atom stereocenters. The van der Waals surface area contributed by atoms with Crippen molar-refractivity contribution in [1.29, 1.82) is 0 Å². The molecular formula is C20H21Cl2N5OS. The van der Waals surface area contributed by atoms with Crippen LogP contribution in [0.5, 0.6) is 5.88 Å². The number of fused-ring (bicyclic) bond motifs is 1. The molecule has 2 N–H and O–H groups in total. The number of hydrogen-bond donors (Lipinski definition) is 2. The predicted octanol–water partition coefficient (Wildman–Crippen LogP) is 6.43. The van der Waals surface area contributed by atoms with Crippen molar-refractivity contribution in [2.75, 3.05) is 18.4 Å². The molecule has 0 fully saturated rings. The third kappa shape index (κ3) is 5.05. The number of aromatic nitrogens is 1. The van der Waals surface area contributed by atoms with Gasteiger partial charge < -0.3 is 10.4 Å². The number of azo groups is 1. The standard InChI is InChI=1S/C20H21Cl2N5OS/c1-3-26(4-2)12-27-17-10-7-14(22)11-16(17)18(19(27)28)24-25-20(29)23-15-8-5-13(21)6-9-15/h5-11,28H,3-4,12H2,1-2H3,(H,23,29). The Kier molecular flexibility index (Phi) is 7.08. The van der Waals surface area contributed by atoms with Crippen molar-refractivity contribution < 1.29 is 5.11 Å². The highest BCUT2D eigenvalue weighted by Crippen LogP contribution is 2.40. The molecule has 0 radical (unpaired) electrons. The largest absolute Gasteiger partial charge is 0.493 e. The molecule has 3 aromatic rings. The highest BCUT2D eigenvalue weighted by atomic mass is 35.5. The number of nitrogens with one attached hydrogen (secondary N) is 1. The SMILES string of the molecule is CCN(CC)Cn1c(O)c(N=NC(=S)Nc2ccc(Cl)cc2)c2cc(Cl)ccc21. The van der Waals surface area contributed by atoms with Gasteiger partial charge in [-0.05, 0) is 67.8 Å². The van der Waals surface area contributed by atoms with Crippen molar-refractivity contribution >= 4 is 62.8 Å². The summed E-state index contributed by atoms with van der Waals surface area (Å²) in [6.45, 7) is 6.39. The van der Waals surface area contributed by atoms with E-state index in [9.17, 15) is 5.11 Å². The van der Waals surface area contributed by atoms with Crippen LogP contribution in [0.4, 0.5) is 11.4 Å². The van der Waals surface area contributed by atoms with Crippen molar-refractivity contribution in [2.24, 2.45) is 10.2 Å². The third-order valence-corrected chi connectivity index (χ3v) is 5.21. The summed E-state index contributed by atoms with van der Waals surface area (Å²) in [5, 5.41) is 24.1. The lowest BCUT2D eigenvalue weighted by Gasteiger charge is -2.20. The molecule has 1 heterocycles. The molecule has 29 heavy (non-hydrogen) atoms. The van der Waals surface area contributed by atoms with Gasteiger partial charge in [0.25, 0.3) is 0 Å². The Bertz CT molecular complexity index is 1050. The van der Waals surface area contributed by atoms with E-state index in [1.807, 2.05) is 6.07 Å². The Balaban J connectivity index is 1.92. The van der Waals surface area contributed by atoms with Crippen molar-refractivity contribution in [3.8, 4) is 5.88 Å². The van der Waals surface area contributed by atoms with Crippen molar-refractivity contribution in [1.82, 2.24) is 9.47 Å². The molecule has 0 bridgehead atoms. The molecule has 0 saturated heterocycles. The second kappa shape index (κ2) is 9.54. The fraction of sp³-hybridized carbons (Fsp3) is 0.250. The molecule has 1 aromatic heterocycles. The summed E-state index contributed by atoms with van der Waals surface area (Å²) < 4.78 is 1.79. The highest BCUT2D eigenvalue weighted by molar-refractivity contribution is 7.80. The Labute approximate surface area is 184 Å². The van der Waals surface area contributed by atoms with Crippen LogP contribution >= 0.6 is 35.4 Å². The second-order valence-electron chi connectivity index (χ2n) is 6.34. The van der Waals surface area contributed by atoms with Crippen LogP contribution in [-0.4, -0.2) is 32.8 Å². The minimum Gasteiger partial charge on any atom is -0.493 e. The van der Waals surface area contributed by atoms with Crippen molar-refractivity contribution in [2.45, 2.75) is 20.5 Å². The van der Waals surface area contributed by atoms with Crippen LogP contribution in [0.3, 0.4) is 0 Å². The quantitative estimate of drug-likeness (QED) is 0.335. The Morgan fingerprint density at radius 2 is 1.76 bits per heavy atom. The minimum atomic E-state index is 0.0206. The van der Waals surface area contributed by atoms with Crippen LogP contribution in [0.25, 0.3) is 10.9 Å². The summed E-state index contributed by atoms with van der Waals surface area (Å²) >= 11 is 17.3. The van der Waals surface area contributed by atoms with E-state index in [4.69, 9.17) is 35.4 Å². The molecule has 0 aliphatic rings. The molecule has 0 aliphatic carbocycles. The lowest BCUT2D eigenvalue weighted by molar-refractivity contribution is 0.233. The van der Waals surface area contributed by atoms with Gasteiger partial charge in [0, 0.05) is 21.1 Å². The van der Waals surface area contributed by atoms with Crippen LogP contribution in [0.1, 0.15) is 13.8 Å². The molecular weight excluding hydrogens is 429 g/mol. The zero-order valence-electron chi connectivity index (χ0n) is 16.1. The molecule has 0 spiro atoms. The van der Waals surface area contributed by atoms with Crippen LogP contribution in [0, 0.1) is 0 Å². The van der Waals surface area contributed by atoms with E-state index in [2.05, 4.69) is 34.3 Å². The van der Waals surface area contributed by atoms with E-state index in [1.54, 1.807) is 41.0 Å². The second-order valence-corrected chi connectivity index (χ2v) is 7.60. The average Bonchev–Trinajstić information content (AvgIpc) is 2.96. The summed E-state index contributed by atoms with van der Waals surface area (Å²) in [6.07, 6.45) is 0. The summed E-state index contributed by atoms with van der Waals surface area (Å²) in [5.41, 5.74) is 1.90. The Morgan fingerprint density at radius 3 is 2.41 bits per heavy atom. The maximum absolute atomic E-state index is 10.8. The molecule has 3 rings (SSSR count). The van der Waals surface area contributed by atoms with Gasteiger partial charge >= 0.3 is 0 Å². The maximum Gasteiger partial charge on any atom is 0.221 e. The first-order valence-electron chi connectivity index (χ1n) is 9.14. The zero-order chi connectivity index (χ0) is 21.0. The van der Waals surface area contributed by atoms with Crippen LogP contribution in [-0.2, 0) is 6.67 Å². The van der Waals surface area contributed by atoms with Crippen LogP contribution < -0.4 is 5.32 Å². The number of benzene rings is 2. The van der Waals surface area contributed by atoms with Gasteiger partial charge in [0.15, 0.2) is 5.69 Å². The summed E-state index contributed by atoms with van der Waals surface area (Å²) in [7, 11) is 0. The third-order valence-electron chi connectivity index (χ3n) is 4.54. The predicted molar refractivity (Wildman–Crippen MR) is 124 cm³/mol. The lowest BCUT2D eigenvalue weighted by Crippen LogP contribution is -2.25. The number of anilines is 1. The zero-order valence-corrected chi connectivity index (χ0v) is 18.4. The summed E-state index contributed by atoms with van der Waals surface area (Å²) in [6, 6.07) is 12.5. The van der Waals surface area contributed by atoms with Crippen molar-refractivity contribution in [3.05, 3.63) is 52.5 Å². The average molecular weight is 450 g/mol. The molecule has 0 amide bonds. The van der Waals surface area contributed by atoms with Gasteiger partial charge in [-0.1, -0.05) is 37.0 Å². The number of nitrogens with zero attached hydrogens (tertiary/aromatic N) is 4. The van der Waals surface area contributed by atoms with Gasteiger partial charge in [-0.25, -0.2) is 0 Å². The molecule has 0 atom stereocenters. The van der Waals surface area contributed by atoms with Gasteiger partial charge in [0.1, 0.15) is 0 Å². The van der Waals surface area contributed by atoms with E-state index in [-0.39, 0.29) is 11.0 Å². The Hall–Kier alpha value is -2.19. The molecule has 9 heteroatoms. The minimum absolute atomic E-state index is 0.0206. The van der Waals surface area contributed by atoms with E-state index >= 15 is 0 Å². The molecule has 0 saturated carbocycles. The number of hydrogen-bond acceptors (Lipinski definition) is 4. The van der Waals surface area contributed by atoms with Gasteiger partial charge in [0.05, 0.1) is 12.2 Å². The first-order chi connectivity index (χ1) is 13.9. The Morgan fingerprint density at radius 1 is 1.10 bits per heavy atom. The van der Waals surface area contributed by atoms with Gasteiger partial charge in [-0.3, -0.25) is 9.47 Å². The number of rotatable bonds is 6. The summed E-state index contributed by atoms with van der Waals surface area (Å²) in [5.74, 6) is 0.0206. The normalized spacial score (nSPS) is 11.6. The van der Waals surface area contributed by atoms with E-state index in [0.717, 1.165) is 24.3 Å². The van der Waals surface area contributed by atoms with Crippen molar-refractivity contribution in [3.63, 3.8) is 0 Å². The smallest absolute Gasteiger partial charge is 0.221 e. The topological polar surface area (TPSA) is 65.1 Å². The van der Waals surface area contributed by atoms with Gasteiger partial charge in [0.2, 0.25) is 11.0 Å². The first-order valence-corrected chi connectivity index (χ1v) is 10.3. The lowest BCUT2D eigenvalue weighted by atomic mass is 10.2. The van der Waals surface area contributed by atoms with E-state index < -0.39 is 0 Å². The fourth-order valence-corrected chi connectivity index (χ4v) is 3.39. The number of halogens is 2. The fourth-order valence-electron chi connectivity index (χ4n) is 2.94. The van der Waals surface area contributed by atoms with Crippen LogP contribution in [0.15, 0.2) is 52.7 Å². The summed E-state index contributed by atoms with van der Waals surface area (Å²) in [4.78, 5) is 2.18. The van der Waals surface area contributed by atoms with Gasteiger partial charge in [-0.15, -0.1) is 10.2 Å². The van der Waals surface area contributed by atoms with E-state index in [1.165, 1.54) is 0 Å². The maximum atomic E-state index is 10.8. The molecule has 6 nitrogen and oxygen atoms in total. The van der Waals surface area contributed by atoms with E-state index in [0.29, 0.717) is 27.8 Å². The highest BCUT2D eigenvalue weighted by Gasteiger charge is 2.18. The molecule has 152 valence electrons. The molecule has 0 aliphatic heterocycles. The number of thiocarbonyl (C=S) groups is 1. The van der Waals surface area contributed by atoms with Crippen LogP contribution in [0.2, 0.25) is 10.0 Å². The monoisotopic (exact) mass is 449 g/mol. The first kappa shape index (κ1) is 21.5.